The number of rotatable bonds is 3. The lowest BCUT2D eigenvalue weighted by Gasteiger charge is -2.32. The van der Waals surface area contributed by atoms with Gasteiger partial charge >= 0.3 is 11.6 Å². The normalized spacial score (nSPS) is 28.5. The van der Waals surface area contributed by atoms with Gasteiger partial charge in [-0.05, 0) is 6.92 Å². The minimum atomic E-state index is -2.58. The molecule has 7 nitrogen and oxygen atoms in total. The van der Waals surface area contributed by atoms with E-state index in [0.717, 1.165) is 6.20 Å². The number of ether oxygens (including phenoxy) is 2. The van der Waals surface area contributed by atoms with Crippen molar-refractivity contribution in [2.45, 2.75) is 19.1 Å². The molecule has 1 saturated heterocycles. The lowest BCUT2D eigenvalue weighted by molar-refractivity contribution is -0.386. The zero-order valence-electron chi connectivity index (χ0n) is 10.9. The third kappa shape index (κ3) is 1.78. The number of nitrogens with zero attached hydrogens (tertiary/aromatic N) is 3. The van der Waals surface area contributed by atoms with Crippen LogP contribution in [0.5, 0.6) is 5.88 Å². The van der Waals surface area contributed by atoms with Gasteiger partial charge < -0.3 is 9.47 Å². The highest BCUT2D eigenvalue weighted by atomic mass is 16.6. The van der Waals surface area contributed by atoms with Crippen molar-refractivity contribution in [2.24, 2.45) is 6.98 Å². The molecule has 0 aliphatic carbocycles. The minimum Gasteiger partial charge on any atom is -0.463 e. The second kappa shape index (κ2) is 3.50. The molecule has 2 atom stereocenters. The third-order valence-electron chi connectivity index (χ3n) is 2.17. The van der Waals surface area contributed by atoms with E-state index < -0.39 is 17.6 Å². The molecule has 1 fully saturated rings. The Morgan fingerprint density at radius 2 is 2.73 bits per heavy atom. The Labute approximate surface area is 90.0 Å². The zero-order chi connectivity index (χ0) is 13.5. The van der Waals surface area contributed by atoms with Crippen molar-refractivity contribution in [1.82, 2.24) is 9.78 Å². The molecule has 0 aromatic carbocycles. The second-order valence-electron chi connectivity index (χ2n) is 3.22. The topological polar surface area (TPSA) is 79.4 Å². The summed E-state index contributed by atoms with van der Waals surface area (Å²) in [7, 11) is 0. The SMILES string of the molecule is [2H]C([2H])([2H])n1cc([N+](=O)[O-])c(O[C@H]2CO[C@H]2C)n1. The van der Waals surface area contributed by atoms with Crippen molar-refractivity contribution >= 4 is 5.69 Å². The van der Waals surface area contributed by atoms with Gasteiger partial charge in [-0.25, -0.2) is 0 Å². The molecule has 0 unspecified atom stereocenters. The Balaban J connectivity index is 2.27. The fourth-order valence-corrected chi connectivity index (χ4v) is 1.20. The van der Waals surface area contributed by atoms with Crippen molar-refractivity contribution in [1.29, 1.82) is 0 Å². The average Bonchev–Trinajstić information content (AvgIpc) is 2.67. The van der Waals surface area contributed by atoms with E-state index in [4.69, 9.17) is 13.6 Å². The number of aryl methyl sites for hydroxylation is 1. The van der Waals surface area contributed by atoms with Gasteiger partial charge in [-0.1, -0.05) is 0 Å². The highest BCUT2D eigenvalue weighted by Gasteiger charge is 2.33. The first-order chi connectivity index (χ1) is 8.29. The fraction of sp³-hybridized carbons (Fsp3) is 0.625. The van der Waals surface area contributed by atoms with Crippen molar-refractivity contribution in [3.8, 4) is 5.88 Å². The maximum atomic E-state index is 10.8. The summed E-state index contributed by atoms with van der Waals surface area (Å²) in [5.41, 5.74) is -0.467. The first kappa shape index (κ1) is 6.78. The first-order valence-corrected chi connectivity index (χ1v) is 4.32. The van der Waals surface area contributed by atoms with E-state index in [1.54, 1.807) is 6.92 Å². The first-order valence-electron chi connectivity index (χ1n) is 5.82. The molecule has 2 rings (SSSR count). The van der Waals surface area contributed by atoms with Gasteiger partial charge in [0.1, 0.15) is 12.3 Å². The Kier molecular flexibility index (Phi) is 1.58. The van der Waals surface area contributed by atoms with Gasteiger partial charge in [-0.2, -0.15) is 0 Å². The maximum Gasteiger partial charge on any atom is 0.350 e. The second-order valence-corrected chi connectivity index (χ2v) is 3.22. The van der Waals surface area contributed by atoms with Crippen molar-refractivity contribution < 1.29 is 18.5 Å². The summed E-state index contributed by atoms with van der Waals surface area (Å²) < 4.78 is 32.3. The molecule has 7 heteroatoms. The summed E-state index contributed by atoms with van der Waals surface area (Å²) in [6, 6.07) is 0. The molecule has 1 aliphatic rings. The van der Waals surface area contributed by atoms with Crippen molar-refractivity contribution in [2.75, 3.05) is 6.61 Å². The summed E-state index contributed by atoms with van der Waals surface area (Å²) in [6.45, 7) is -0.520. The van der Waals surface area contributed by atoms with Crippen LogP contribution in [0.15, 0.2) is 6.20 Å². The monoisotopic (exact) mass is 216 g/mol. The summed E-state index contributed by atoms with van der Waals surface area (Å²) in [6.07, 6.45) is 0.304. The molecule has 1 aliphatic heterocycles. The van der Waals surface area contributed by atoms with Gasteiger partial charge in [0, 0.05) is 11.1 Å². The Bertz CT molecular complexity index is 473. The number of hydrogen-bond acceptors (Lipinski definition) is 5. The summed E-state index contributed by atoms with van der Waals surface area (Å²) in [4.78, 5) is 10.1. The maximum absolute atomic E-state index is 10.8. The minimum absolute atomic E-state index is 0.192. The Morgan fingerprint density at radius 3 is 3.20 bits per heavy atom. The van der Waals surface area contributed by atoms with E-state index >= 15 is 0 Å². The van der Waals surface area contributed by atoms with Crippen LogP contribution in [0.3, 0.4) is 0 Å². The third-order valence-corrected chi connectivity index (χ3v) is 2.17. The van der Waals surface area contributed by atoms with Crippen molar-refractivity contribution in [3.63, 3.8) is 0 Å². The van der Waals surface area contributed by atoms with Gasteiger partial charge in [-0.15, -0.1) is 5.10 Å². The molecule has 2 heterocycles. The van der Waals surface area contributed by atoms with Crippen LogP contribution in [0.4, 0.5) is 5.69 Å². The molecule has 1 aromatic rings. The van der Waals surface area contributed by atoms with E-state index in [1.807, 2.05) is 0 Å². The molecule has 15 heavy (non-hydrogen) atoms. The molecule has 0 spiro atoms. The molecule has 1 aromatic heterocycles. The molecule has 82 valence electrons. The van der Waals surface area contributed by atoms with E-state index in [0.29, 0.717) is 11.3 Å². The predicted molar refractivity (Wildman–Crippen MR) is 49.7 cm³/mol. The zero-order valence-corrected chi connectivity index (χ0v) is 7.91. The van der Waals surface area contributed by atoms with E-state index in [9.17, 15) is 10.1 Å². The Hall–Kier alpha value is -1.63. The van der Waals surface area contributed by atoms with Crippen LogP contribution in [-0.4, -0.2) is 33.5 Å². The summed E-state index contributed by atoms with van der Waals surface area (Å²) in [5.74, 6) is -0.295. The Morgan fingerprint density at radius 1 is 1.93 bits per heavy atom. The molecular formula is C8H11N3O4. The molecule has 0 amide bonds. The number of hydrogen-bond donors (Lipinski definition) is 0. The van der Waals surface area contributed by atoms with Crippen LogP contribution in [0.25, 0.3) is 0 Å². The highest BCUT2D eigenvalue weighted by Crippen LogP contribution is 2.27. The summed E-state index contributed by atoms with van der Waals surface area (Å²) >= 11 is 0. The number of aromatic nitrogens is 2. The van der Waals surface area contributed by atoms with Crippen LogP contribution in [-0.2, 0) is 11.7 Å². The molecule has 0 radical (unpaired) electrons. The van der Waals surface area contributed by atoms with Crippen molar-refractivity contribution in [3.05, 3.63) is 16.3 Å². The smallest absolute Gasteiger partial charge is 0.350 e. The quantitative estimate of drug-likeness (QED) is 0.542. The average molecular weight is 216 g/mol. The molecule has 0 N–H and O–H groups in total. The lowest BCUT2D eigenvalue weighted by atomic mass is 10.2. The predicted octanol–water partition coefficient (Wildman–Crippen LogP) is 0.494. The van der Waals surface area contributed by atoms with Crippen LogP contribution in [0, 0.1) is 10.1 Å². The molecular weight excluding hydrogens is 202 g/mol. The number of nitro groups is 1. The molecule has 0 bridgehead atoms. The van der Waals surface area contributed by atoms with Gasteiger partial charge in [0.25, 0.3) is 0 Å². The fourth-order valence-electron chi connectivity index (χ4n) is 1.20. The van der Waals surface area contributed by atoms with Gasteiger partial charge in [0.2, 0.25) is 0 Å². The van der Waals surface area contributed by atoms with Gasteiger partial charge in [-0.3, -0.25) is 14.8 Å². The van der Waals surface area contributed by atoms with Crippen LogP contribution >= 0.6 is 0 Å². The highest BCUT2D eigenvalue weighted by molar-refractivity contribution is 5.38. The standard InChI is InChI=1S/C8H11N3O4/c1-5-7(4-14-5)15-8-6(11(12)13)3-10(2)9-8/h3,5,7H,4H2,1-2H3/t5-,7-/m0/s1/i2D3. The van der Waals surface area contributed by atoms with Crippen LogP contribution in [0.1, 0.15) is 11.0 Å². The van der Waals surface area contributed by atoms with E-state index in [2.05, 4.69) is 5.10 Å². The van der Waals surface area contributed by atoms with Crippen LogP contribution < -0.4 is 4.74 Å². The largest absolute Gasteiger partial charge is 0.463 e. The van der Waals surface area contributed by atoms with E-state index in [1.165, 1.54) is 0 Å². The van der Waals surface area contributed by atoms with Gasteiger partial charge in [0.15, 0.2) is 0 Å². The summed E-state index contributed by atoms with van der Waals surface area (Å²) in [5, 5.41) is 14.4. The van der Waals surface area contributed by atoms with E-state index in [-0.39, 0.29) is 18.1 Å². The molecule has 0 saturated carbocycles. The lowest BCUT2D eigenvalue weighted by Crippen LogP contribution is -2.46. The van der Waals surface area contributed by atoms with Gasteiger partial charge in [0.05, 0.1) is 17.6 Å². The van der Waals surface area contributed by atoms with Crippen LogP contribution in [0.2, 0.25) is 0 Å².